The molecule has 0 bridgehead atoms. The van der Waals surface area contributed by atoms with Crippen LogP contribution in [0, 0.1) is 0 Å². The van der Waals surface area contributed by atoms with Crippen LogP contribution < -0.4 is 9.47 Å². The van der Waals surface area contributed by atoms with E-state index in [1.54, 1.807) is 12.1 Å². The monoisotopic (exact) mass is 290 g/mol. The van der Waals surface area contributed by atoms with E-state index >= 15 is 0 Å². The summed E-state index contributed by atoms with van der Waals surface area (Å²) in [5.41, 5.74) is 0.944. The van der Waals surface area contributed by atoms with E-state index in [-0.39, 0.29) is 5.82 Å². The highest BCUT2D eigenvalue weighted by Crippen LogP contribution is 2.31. The number of methoxy groups -OCH3 is 2. The molecule has 1 heterocycles. The van der Waals surface area contributed by atoms with Crippen molar-refractivity contribution in [3.63, 3.8) is 0 Å². The van der Waals surface area contributed by atoms with Gasteiger partial charge in [-0.25, -0.2) is 4.98 Å². The van der Waals surface area contributed by atoms with Gasteiger partial charge in [0.1, 0.15) is 5.82 Å². The second kappa shape index (κ2) is 5.20. The molecule has 5 nitrogen and oxygen atoms in total. The van der Waals surface area contributed by atoms with E-state index in [4.69, 9.17) is 14.6 Å². The van der Waals surface area contributed by atoms with E-state index in [1.807, 2.05) is 0 Å². The highest BCUT2D eigenvalue weighted by molar-refractivity contribution is 5.79. The van der Waals surface area contributed by atoms with Gasteiger partial charge in [0.05, 0.1) is 25.3 Å². The van der Waals surface area contributed by atoms with Crippen molar-refractivity contribution in [2.45, 2.75) is 18.7 Å². The number of aromatic amines is 1. The van der Waals surface area contributed by atoms with Gasteiger partial charge in [-0.15, -0.1) is 0 Å². The maximum atomic E-state index is 12.3. The largest absolute Gasteiger partial charge is 0.493 e. The van der Waals surface area contributed by atoms with Crippen LogP contribution in [0.25, 0.3) is 11.0 Å². The van der Waals surface area contributed by atoms with Crippen LogP contribution in [0.1, 0.15) is 5.82 Å². The Kier molecular flexibility index (Phi) is 3.76. The predicted octanol–water partition coefficient (Wildman–Crippen LogP) is 2.05. The maximum absolute atomic E-state index is 12.3. The van der Waals surface area contributed by atoms with Gasteiger partial charge < -0.3 is 19.6 Å². The summed E-state index contributed by atoms with van der Waals surface area (Å²) in [5, 5.41) is 9.03. The van der Waals surface area contributed by atoms with Gasteiger partial charge in [0, 0.05) is 18.6 Å². The number of aromatic nitrogens is 2. The molecule has 0 saturated heterocycles. The third-order valence-electron chi connectivity index (χ3n) is 2.80. The first-order valence-electron chi connectivity index (χ1n) is 5.70. The van der Waals surface area contributed by atoms with Crippen molar-refractivity contribution in [3.05, 3.63) is 18.0 Å². The number of rotatable bonds is 4. The van der Waals surface area contributed by atoms with Gasteiger partial charge in [0.2, 0.25) is 0 Å². The topological polar surface area (TPSA) is 67.4 Å². The molecule has 110 valence electrons. The van der Waals surface area contributed by atoms with Crippen LogP contribution in [0.5, 0.6) is 11.5 Å². The summed E-state index contributed by atoms with van der Waals surface area (Å²) >= 11 is 0. The van der Waals surface area contributed by atoms with Gasteiger partial charge in [0.15, 0.2) is 17.6 Å². The van der Waals surface area contributed by atoms with Gasteiger partial charge in [-0.05, 0) is 0 Å². The fraction of sp³-hybridized carbons (Fsp3) is 0.417. The number of imidazole rings is 1. The standard InChI is InChI=1S/C12H13F3N2O3/c1-19-8-3-6-7(4-9(8)20-2)17-11(16-6)5-10(18)12(13,14)15/h3-4,10,18H,5H2,1-2H3,(H,16,17). The van der Waals surface area contributed by atoms with E-state index in [1.165, 1.54) is 14.2 Å². The normalized spacial score (nSPS) is 13.5. The first-order valence-corrected chi connectivity index (χ1v) is 5.70. The molecular formula is C12H13F3N2O3. The highest BCUT2D eigenvalue weighted by Gasteiger charge is 2.38. The van der Waals surface area contributed by atoms with E-state index in [9.17, 15) is 13.2 Å². The van der Waals surface area contributed by atoms with Gasteiger partial charge in [-0.2, -0.15) is 13.2 Å². The number of ether oxygens (including phenoxy) is 2. The number of H-pyrrole nitrogens is 1. The molecule has 0 aliphatic heterocycles. The molecule has 20 heavy (non-hydrogen) atoms. The summed E-state index contributed by atoms with van der Waals surface area (Å²) in [6, 6.07) is 3.12. The predicted molar refractivity (Wildman–Crippen MR) is 65.0 cm³/mol. The van der Waals surface area contributed by atoms with Crippen molar-refractivity contribution in [1.82, 2.24) is 9.97 Å². The molecule has 1 aromatic carbocycles. The quantitative estimate of drug-likeness (QED) is 0.904. The lowest BCUT2D eigenvalue weighted by atomic mass is 10.2. The lowest BCUT2D eigenvalue weighted by Crippen LogP contribution is -2.30. The lowest BCUT2D eigenvalue weighted by molar-refractivity contribution is -0.203. The van der Waals surface area contributed by atoms with E-state index in [2.05, 4.69) is 9.97 Å². The van der Waals surface area contributed by atoms with Gasteiger partial charge in [0.25, 0.3) is 0 Å². The summed E-state index contributed by atoms with van der Waals surface area (Å²) in [6.45, 7) is 0. The Labute approximate surface area is 112 Å². The number of benzene rings is 1. The molecule has 1 atom stereocenters. The number of halogens is 3. The summed E-state index contributed by atoms with van der Waals surface area (Å²) < 4.78 is 47.1. The molecule has 2 N–H and O–H groups in total. The molecule has 0 amide bonds. The van der Waals surface area contributed by atoms with Crippen molar-refractivity contribution in [1.29, 1.82) is 0 Å². The number of alkyl halides is 3. The maximum Gasteiger partial charge on any atom is 0.414 e. The number of fused-ring (bicyclic) bond motifs is 1. The number of hydrogen-bond donors (Lipinski definition) is 2. The molecule has 2 aromatic rings. The molecule has 2 rings (SSSR count). The zero-order chi connectivity index (χ0) is 14.9. The van der Waals surface area contributed by atoms with E-state index in [0.717, 1.165) is 0 Å². The molecule has 0 aliphatic rings. The van der Waals surface area contributed by atoms with Gasteiger partial charge >= 0.3 is 6.18 Å². The molecule has 0 aliphatic carbocycles. The Bertz CT molecular complexity index is 569. The van der Waals surface area contributed by atoms with E-state index in [0.29, 0.717) is 22.5 Å². The summed E-state index contributed by atoms with van der Waals surface area (Å²) in [6.07, 6.45) is -7.76. The average molecular weight is 290 g/mol. The van der Waals surface area contributed by atoms with Crippen molar-refractivity contribution in [2.24, 2.45) is 0 Å². The van der Waals surface area contributed by atoms with Gasteiger partial charge in [-0.3, -0.25) is 0 Å². The average Bonchev–Trinajstić information content (AvgIpc) is 2.76. The molecule has 0 saturated carbocycles. The van der Waals surface area contributed by atoms with Crippen molar-refractivity contribution in [2.75, 3.05) is 14.2 Å². The Balaban J connectivity index is 2.34. The lowest BCUT2D eigenvalue weighted by Gasteiger charge is -2.12. The summed E-state index contributed by atoms with van der Waals surface area (Å²) in [7, 11) is 2.90. The van der Waals surface area contributed by atoms with E-state index < -0.39 is 18.7 Å². The zero-order valence-corrected chi connectivity index (χ0v) is 10.8. The second-order valence-electron chi connectivity index (χ2n) is 4.17. The fourth-order valence-electron chi connectivity index (χ4n) is 1.79. The molecule has 1 unspecified atom stereocenters. The highest BCUT2D eigenvalue weighted by atomic mass is 19.4. The summed E-state index contributed by atoms with van der Waals surface area (Å²) in [4.78, 5) is 6.72. The Hall–Kier alpha value is -1.96. The van der Waals surface area contributed by atoms with Gasteiger partial charge in [-0.1, -0.05) is 0 Å². The minimum atomic E-state index is -4.67. The third kappa shape index (κ3) is 2.79. The Morgan fingerprint density at radius 3 is 2.40 bits per heavy atom. The fourth-order valence-corrected chi connectivity index (χ4v) is 1.79. The number of aliphatic hydroxyl groups is 1. The van der Waals surface area contributed by atoms with Crippen LogP contribution in [-0.2, 0) is 6.42 Å². The third-order valence-corrected chi connectivity index (χ3v) is 2.80. The molecule has 0 radical (unpaired) electrons. The number of aliphatic hydroxyl groups excluding tert-OH is 1. The second-order valence-corrected chi connectivity index (χ2v) is 4.17. The zero-order valence-electron chi connectivity index (χ0n) is 10.8. The summed E-state index contributed by atoms with van der Waals surface area (Å²) in [5.74, 6) is 0.904. The first kappa shape index (κ1) is 14.4. The van der Waals surface area contributed by atoms with Crippen LogP contribution in [0.15, 0.2) is 12.1 Å². The van der Waals surface area contributed by atoms with Crippen molar-refractivity contribution in [3.8, 4) is 11.5 Å². The first-order chi connectivity index (χ1) is 9.35. The molecular weight excluding hydrogens is 277 g/mol. The van der Waals surface area contributed by atoms with Crippen LogP contribution in [-0.4, -0.2) is 41.6 Å². The molecule has 8 heteroatoms. The Morgan fingerprint density at radius 2 is 1.85 bits per heavy atom. The molecule has 0 spiro atoms. The van der Waals surface area contributed by atoms with Crippen LogP contribution >= 0.6 is 0 Å². The number of nitrogens with one attached hydrogen (secondary N) is 1. The van der Waals surface area contributed by atoms with Crippen LogP contribution in [0.2, 0.25) is 0 Å². The number of hydrogen-bond acceptors (Lipinski definition) is 4. The minimum Gasteiger partial charge on any atom is -0.493 e. The molecule has 1 aromatic heterocycles. The SMILES string of the molecule is COc1cc2nc(CC(O)C(F)(F)F)[nH]c2cc1OC. The van der Waals surface area contributed by atoms with Crippen molar-refractivity contribution < 1.29 is 27.8 Å². The van der Waals surface area contributed by atoms with Crippen LogP contribution in [0.3, 0.4) is 0 Å². The minimum absolute atomic E-state index is 0.0418. The van der Waals surface area contributed by atoms with Crippen LogP contribution in [0.4, 0.5) is 13.2 Å². The Morgan fingerprint density at radius 1 is 1.25 bits per heavy atom. The smallest absolute Gasteiger partial charge is 0.414 e. The number of nitrogens with zero attached hydrogens (tertiary/aromatic N) is 1. The molecule has 0 fully saturated rings. The van der Waals surface area contributed by atoms with Crippen molar-refractivity contribution >= 4 is 11.0 Å².